The van der Waals surface area contributed by atoms with E-state index >= 15 is 0 Å². The van der Waals surface area contributed by atoms with Crippen LogP contribution in [0.3, 0.4) is 0 Å². The monoisotopic (exact) mass is 323 g/mol. The Hall–Kier alpha value is -0.980. The van der Waals surface area contributed by atoms with Crippen LogP contribution in [-0.4, -0.2) is 46.0 Å². The summed E-state index contributed by atoms with van der Waals surface area (Å²) in [5.41, 5.74) is 1.06. The van der Waals surface area contributed by atoms with E-state index in [4.69, 9.17) is 9.47 Å². The average Bonchev–Trinajstić information content (AvgIpc) is 2.85. The second kappa shape index (κ2) is 7.73. The maximum atomic E-state index is 10.9. The third-order valence-electron chi connectivity index (χ3n) is 4.43. The number of ether oxygens (including phenoxy) is 2. The SMILES string of the molecule is CC[C@H](c1ccccc1)N(O)[C@@H](CC)[C@@H]1OC(C)(C)O[C@@H]1CO. The normalized spacial score (nSPS) is 26.4. The summed E-state index contributed by atoms with van der Waals surface area (Å²) < 4.78 is 11.7. The lowest BCUT2D eigenvalue weighted by molar-refractivity contribution is -0.205. The Bertz CT molecular complexity index is 479. The van der Waals surface area contributed by atoms with Crippen LogP contribution in [0.4, 0.5) is 0 Å². The van der Waals surface area contributed by atoms with Crippen molar-refractivity contribution in [1.82, 2.24) is 5.06 Å². The number of nitrogens with zero attached hydrogens (tertiary/aromatic N) is 1. The van der Waals surface area contributed by atoms with Crippen LogP contribution in [0.25, 0.3) is 0 Å². The zero-order valence-corrected chi connectivity index (χ0v) is 14.5. The molecule has 1 heterocycles. The molecule has 0 aromatic heterocycles. The fraction of sp³-hybridized carbons (Fsp3) is 0.667. The highest BCUT2D eigenvalue weighted by molar-refractivity contribution is 5.18. The number of aliphatic hydroxyl groups excluding tert-OH is 1. The van der Waals surface area contributed by atoms with Crippen molar-refractivity contribution in [2.75, 3.05) is 6.61 Å². The van der Waals surface area contributed by atoms with Gasteiger partial charge in [0.15, 0.2) is 5.79 Å². The molecule has 130 valence electrons. The first kappa shape index (κ1) is 18.4. The number of aliphatic hydroxyl groups is 1. The third-order valence-corrected chi connectivity index (χ3v) is 4.43. The quantitative estimate of drug-likeness (QED) is 0.755. The summed E-state index contributed by atoms with van der Waals surface area (Å²) in [5, 5.41) is 21.9. The van der Waals surface area contributed by atoms with Crippen molar-refractivity contribution in [3.8, 4) is 0 Å². The lowest BCUT2D eigenvalue weighted by atomic mass is 9.98. The second-order valence-corrected chi connectivity index (χ2v) is 6.51. The summed E-state index contributed by atoms with van der Waals surface area (Å²) in [5.74, 6) is -0.749. The van der Waals surface area contributed by atoms with Gasteiger partial charge in [-0.1, -0.05) is 44.2 Å². The summed E-state index contributed by atoms with van der Waals surface area (Å²) >= 11 is 0. The van der Waals surface area contributed by atoms with E-state index < -0.39 is 11.9 Å². The van der Waals surface area contributed by atoms with Crippen LogP contribution in [0, 0.1) is 0 Å². The van der Waals surface area contributed by atoms with E-state index in [0.717, 1.165) is 12.0 Å². The van der Waals surface area contributed by atoms with Gasteiger partial charge in [0.2, 0.25) is 0 Å². The van der Waals surface area contributed by atoms with Gasteiger partial charge in [-0.3, -0.25) is 0 Å². The van der Waals surface area contributed by atoms with Crippen molar-refractivity contribution in [2.24, 2.45) is 0 Å². The predicted molar refractivity (Wildman–Crippen MR) is 88.1 cm³/mol. The van der Waals surface area contributed by atoms with E-state index in [1.807, 2.05) is 58.0 Å². The lowest BCUT2D eigenvalue weighted by Gasteiger charge is -2.36. The van der Waals surface area contributed by atoms with Crippen molar-refractivity contribution in [2.45, 2.75) is 70.6 Å². The van der Waals surface area contributed by atoms with E-state index in [2.05, 4.69) is 0 Å². The summed E-state index contributed by atoms with van der Waals surface area (Å²) in [6.07, 6.45) is 0.665. The molecule has 5 heteroatoms. The first-order valence-electron chi connectivity index (χ1n) is 8.42. The average molecular weight is 323 g/mol. The van der Waals surface area contributed by atoms with Crippen molar-refractivity contribution in [1.29, 1.82) is 0 Å². The minimum Gasteiger partial charge on any atom is -0.394 e. The molecule has 2 rings (SSSR count). The second-order valence-electron chi connectivity index (χ2n) is 6.51. The number of benzene rings is 1. The molecule has 0 saturated carbocycles. The van der Waals surface area contributed by atoms with Gasteiger partial charge in [0.05, 0.1) is 18.7 Å². The summed E-state index contributed by atoms with van der Waals surface area (Å²) in [7, 11) is 0. The topological polar surface area (TPSA) is 62.2 Å². The zero-order chi connectivity index (χ0) is 17.0. The van der Waals surface area contributed by atoms with E-state index in [-0.39, 0.29) is 24.8 Å². The molecule has 1 fully saturated rings. The maximum absolute atomic E-state index is 10.9. The Morgan fingerprint density at radius 3 is 2.30 bits per heavy atom. The molecule has 1 aromatic carbocycles. The standard InChI is InChI=1S/C18H29NO4/c1-5-14(13-10-8-7-9-11-13)19(21)15(6-2)17-16(12-20)22-18(3,4)23-17/h7-11,14-17,20-21H,5-6,12H2,1-4H3/t14-,15+,16-,17+/m1/s1. The van der Waals surface area contributed by atoms with Crippen LogP contribution in [0.15, 0.2) is 30.3 Å². The molecule has 1 aliphatic rings. The molecule has 1 saturated heterocycles. The van der Waals surface area contributed by atoms with Crippen LogP contribution < -0.4 is 0 Å². The fourth-order valence-corrected chi connectivity index (χ4v) is 3.38. The molecule has 1 aliphatic heterocycles. The van der Waals surface area contributed by atoms with Crippen LogP contribution in [0.2, 0.25) is 0 Å². The molecule has 1 aromatic rings. The van der Waals surface area contributed by atoms with Gasteiger partial charge in [0.1, 0.15) is 12.2 Å². The maximum Gasteiger partial charge on any atom is 0.163 e. The molecular weight excluding hydrogens is 294 g/mol. The summed E-state index contributed by atoms with van der Waals surface area (Å²) in [6, 6.07) is 9.58. The zero-order valence-electron chi connectivity index (χ0n) is 14.5. The molecule has 0 amide bonds. The van der Waals surface area contributed by atoms with Gasteiger partial charge >= 0.3 is 0 Å². The molecule has 2 N–H and O–H groups in total. The van der Waals surface area contributed by atoms with Crippen molar-refractivity contribution in [3.63, 3.8) is 0 Å². The van der Waals surface area contributed by atoms with Crippen LogP contribution in [0.1, 0.15) is 52.1 Å². The minimum absolute atomic E-state index is 0.118. The van der Waals surface area contributed by atoms with Crippen LogP contribution in [-0.2, 0) is 9.47 Å². The molecule has 0 radical (unpaired) electrons. The molecule has 0 spiro atoms. The Kier molecular flexibility index (Phi) is 6.17. The van der Waals surface area contributed by atoms with Gasteiger partial charge in [0.25, 0.3) is 0 Å². The summed E-state index contributed by atoms with van der Waals surface area (Å²) in [6.45, 7) is 7.60. The van der Waals surface area contributed by atoms with Crippen LogP contribution >= 0.6 is 0 Å². The fourth-order valence-electron chi connectivity index (χ4n) is 3.38. The molecule has 0 bridgehead atoms. The number of hydroxylamine groups is 2. The first-order chi connectivity index (χ1) is 10.9. The minimum atomic E-state index is -0.749. The van der Waals surface area contributed by atoms with Gasteiger partial charge in [0, 0.05) is 0 Å². The molecule has 23 heavy (non-hydrogen) atoms. The molecule has 0 aliphatic carbocycles. The highest BCUT2D eigenvalue weighted by Crippen LogP contribution is 2.35. The Labute approximate surface area is 138 Å². The van der Waals surface area contributed by atoms with Crippen LogP contribution in [0.5, 0.6) is 0 Å². The van der Waals surface area contributed by atoms with Gasteiger partial charge in [-0.25, -0.2) is 0 Å². The van der Waals surface area contributed by atoms with Gasteiger partial charge in [-0.2, -0.15) is 5.06 Å². The Balaban J connectivity index is 2.22. The molecule has 4 atom stereocenters. The highest BCUT2D eigenvalue weighted by Gasteiger charge is 2.46. The van der Waals surface area contributed by atoms with Crippen molar-refractivity contribution in [3.05, 3.63) is 35.9 Å². The van der Waals surface area contributed by atoms with Gasteiger partial charge in [-0.15, -0.1) is 0 Å². The Morgan fingerprint density at radius 2 is 1.78 bits per heavy atom. The smallest absolute Gasteiger partial charge is 0.163 e. The number of rotatable bonds is 7. The molecule has 0 unspecified atom stereocenters. The molecular formula is C18H29NO4. The third kappa shape index (κ3) is 4.11. The number of hydrogen-bond donors (Lipinski definition) is 2. The van der Waals surface area contributed by atoms with E-state index in [9.17, 15) is 10.3 Å². The highest BCUT2D eigenvalue weighted by atomic mass is 16.8. The lowest BCUT2D eigenvalue weighted by Crippen LogP contribution is -2.48. The van der Waals surface area contributed by atoms with Gasteiger partial charge in [-0.05, 0) is 32.3 Å². The van der Waals surface area contributed by atoms with Gasteiger partial charge < -0.3 is 19.8 Å². The first-order valence-corrected chi connectivity index (χ1v) is 8.42. The van der Waals surface area contributed by atoms with E-state index in [0.29, 0.717) is 6.42 Å². The van der Waals surface area contributed by atoms with Crippen molar-refractivity contribution >= 4 is 0 Å². The largest absolute Gasteiger partial charge is 0.394 e. The van der Waals surface area contributed by atoms with E-state index in [1.165, 1.54) is 5.06 Å². The predicted octanol–water partition coefficient (Wildman–Crippen LogP) is 3.12. The van der Waals surface area contributed by atoms with E-state index in [1.54, 1.807) is 0 Å². The molecule has 5 nitrogen and oxygen atoms in total. The van der Waals surface area contributed by atoms with Crippen molar-refractivity contribution < 1.29 is 19.8 Å². The summed E-state index contributed by atoms with van der Waals surface area (Å²) in [4.78, 5) is 0. The number of hydrogen-bond acceptors (Lipinski definition) is 5. The Morgan fingerprint density at radius 1 is 1.13 bits per heavy atom.